The average Bonchev–Trinajstić information content (AvgIpc) is 2.78. The lowest BCUT2D eigenvalue weighted by Gasteiger charge is -2.07. The molecule has 21 heavy (non-hydrogen) atoms. The Morgan fingerprint density at radius 2 is 2.10 bits per heavy atom. The van der Waals surface area contributed by atoms with Gasteiger partial charge in [-0.1, -0.05) is 28.9 Å². The Labute approximate surface area is 133 Å². The van der Waals surface area contributed by atoms with Gasteiger partial charge in [0.15, 0.2) is 5.84 Å². The second-order valence-electron chi connectivity index (χ2n) is 4.85. The molecule has 6 heteroatoms. The first-order chi connectivity index (χ1) is 10.0. The highest BCUT2D eigenvalue weighted by Crippen LogP contribution is 2.21. The van der Waals surface area contributed by atoms with Crippen LogP contribution in [0.25, 0.3) is 0 Å². The van der Waals surface area contributed by atoms with Crippen LogP contribution in [-0.2, 0) is 13.1 Å². The summed E-state index contributed by atoms with van der Waals surface area (Å²) in [4.78, 5) is 2.67. The normalized spacial score (nSPS) is 11.9. The monoisotopic (exact) mass is 323 g/mol. The number of rotatable bonds is 5. The van der Waals surface area contributed by atoms with Gasteiger partial charge in [0.25, 0.3) is 0 Å². The number of amidine groups is 1. The van der Waals surface area contributed by atoms with Gasteiger partial charge in [0.05, 0.1) is 0 Å². The van der Waals surface area contributed by atoms with Gasteiger partial charge in [-0.05, 0) is 37.1 Å². The van der Waals surface area contributed by atoms with E-state index in [-0.39, 0.29) is 5.84 Å². The molecule has 4 N–H and O–H groups in total. The van der Waals surface area contributed by atoms with Crippen molar-refractivity contribution >= 4 is 28.8 Å². The predicted octanol–water partition coefficient (Wildman–Crippen LogP) is 3.40. The molecule has 1 aromatic heterocycles. The van der Waals surface area contributed by atoms with Crippen LogP contribution in [0.2, 0.25) is 5.02 Å². The molecule has 4 nitrogen and oxygen atoms in total. The van der Waals surface area contributed by atoms with E-state index in [9.17, 15) is 0 Å². The van der Waals surface area contributed by atoms with Crippen LogP contribution in [-0.4, -0.2) is 11.0 Å². The van der Waals surface area contributed by atoms with Gasteiger partial charge in [-0.2, -0.15) is 0 Å². The number of oxime groups is 1. The summed E-state index contributed by atoms with van der Waals surface area (Å²) in [6.07, 6.45) is 0. The third kappa shape index (κ3) is 3.97. The standard InChI is InChI=1S/C15H18ClN3OS/c1-9-5-13(21-10(9)2)8-18-7-12-4-3-11(6-14(12)16)15(17)19-20/h3-6,18,20H,7-8H2,1-2H3,(H2,17,19). The number of nitrogens with one attached hydrogen (secondary N) is 1. The van der Waals surface area contributed by atoms with Gasteiger partial charge >= 0.3 is 0 Å². The fourth-order valence-corrected chi connectivity index (χ4v) is 3.24. The van der Waals surface area contributed by atoms with E-state index in [0.717, 1.165) is 12.1 Å². The number of nitrogens with zero attached hydrogens (tertiary/aromatic N) is 1. The molecule has 0 atom stereocenters. The van der Waals surface area contributed by atoms with Crippen LogP contribution in [0.4, 0.5) is 0 Å². The van der Waals surface area contributed by atoms with Crippen molar-refractivity contribution in [1.29, 1.82) is 0 Å². The maximum absolute atomic E-state index is 8.65. The summed E-state index contributed by atoms with van der Waals surface area (Å²) in [5, 5.41) is 15.6. The molecular formula is C15H18ClN3OS. The third-order valence-electron chi connectivity index (χ3n) is 3.29. The van der Waals surface area contributed by atoms with E-state index >= 15 is 0 Å². The van der Waals surface area contributed by atoms with Gasteiger partial charge in [0.1, 0.15) is 0 Å². The van der Waals surface area contributed by atoms with Crippen molar-refractivity contribution in [2.75, 3.05) is 0 Å². The zero-order valence-corrected chi connectivity index (χ0v) is 13.6. The molecule has 2 aromatic rings. The lowest BCUT2D eigenvalue weighted by atomic mass is 10.1. The molecule has 0 aliphatic carbocycles. The van der Waals surface area contributed by atoms with E-state index in [2.05, 4.69) is 30.4 Å². The van der Waals surface area contributed by atoms with Gasteiger partial charge < -0.3 is 16.3 Å². The van der Waals surface area contributed by atoms with E-state index in [4.69, 9.17) is 22.5 Å². The number of hydrogen-bond donors (Lipinski definition) is 3. The number of aryl methyl sites for hydroxylation is 2. The molecule has 0 amide bonds. The Bertz CT molecular complexity index is 647. The van der Waals surface area contributed by atoms with Crippen molar-refractivity contribution in [3.63, 3.8) is 0 Å². The molecular weight excluding hydrogens is 306 g/mol. The van der Waals surface area contributed by atoms with Crippen molar-refractivity contribution in [2.45, 2.75) is 26.9 Å². The molecule has 1 aromatic carbocycles. The molecule has 0 bridgehead atoms. The summed E-state index contributed by atoms with van der Waals surface area (Å²) in [5.74, 6) is 0.0564. The van der Waals surface area contributed by atoms with Crippen LogP contribution in [0.1, 0.15) is 26.4 Å². The SMILES string of the molecule is Cc1cc(CNCc2ccc(/C(N)=N/O)cc2Cl)sc1C. The first-order valence-corrected chi connectivity index (χ1v) is 7.73. The average molecular weight is 324 g/mol. The Kier molecular flexibility index (Phi) is 5.22. The smallest absolute Gasteiger partial charge is 0.170 e. The van der Waals surface area contributed by atoms with Crippen molar-refractivity contribution in [2.24, 2.45) is 10.9 Å². The van der Waals surface area contributed by atoms with Crippen LogP contribution >= 0.6 is 22.9 Å². The van der Waals surface area contributed by atoms with Gasteiger partial charge in [-0.15, -0.1) is 11.3 Å². The molecule has 0 aliphatic heterocycles. The maximum atomic E-state index is 8.65. The second kappa shape index (κ2) is 6.93. The molecule has 0 unspecified atom stereocenters. The Morgan fingerprint density at radius 3 is 2.67 bits per heavy atom. The largest absolute Gasteiger partial charge is 0.409 e. The first kappa shape index (κ1) is 15.8. The summed E-state index contributed by atoms with van der Waals surface area (Å²) in [7, 11) is 0. The molecule has 1 heterocycles. The maximum Gasteiger partial charge on any atom is 0.170 e. The molecule has 0 spiro atoms. The third-order valence-corrected chi connectivity index (χ3v) is 4.79. The topological polar surface area (TPSA) is 70.6 Å². The Hall–Kier alpha value is -1.56. The van der Waals surface area contributed by atoms with Crippen molar-refractivity contribution < 1.29 is 5.21 Å². The summed E-state index contributed by atoms with van der Waals surface area (Å²) < 4.78 is 0. The summed E-state index contributed by atoms with van der Waals surface area (Å²) in [6, 6.07) is 7.58. The molecule has 0 fully saturated rings. The number of thiophene rings is 1. The molecule has 0 aliphatic rings. The van der Waals surface area contributed by atoms with Crippen LogP contribution < -0.4 is 11.1 Å². The van der Waals surface area contributed by atoms with Crippen LogP contribution in [0, 0.1) is 13.8 Å². The highest BCUT2D eigenvalue weighted by molar-refractivity contribution is 7.12. The van der Waals surface area contributed by atoms with Crippen LogP contribution in [0.3, 0.4) is 0 Å². The van der Waals surface area contributed by atoms with Gasteiger partial charge in [0.2, 0.25) is 0 Å². The quantitative estimate of drug-likeness (QED) is 0.342. The molecule has 0 radical (unpaired) electrons. The van der Waals surface area contributed by atoms with E-state index in [0.29, 0.717) is 17.1 Å². The predicted molar refractivity (Wildman–Crippen MR) is 88.3 cm³/mol. The van der Waals surface area contributed by atoms with E-state index in [1.54, 1.807) is 12.1 Å². The summed E-state index contributed by atoms with van der Waals surface area (Å²) in [5.41, 5.74) is 8.45. The van der Waals surface area contributed by atoms with Crippen molar-refractivity contribution in [3.05, 3.63) is 55.7 Å². The highest BCUT2D eigenvalue weighted by Gasteiger charge is 2.06. The number of nitrogens with two attached hydrogens (primary N) is 1. The fourth-order valence-electron chi connectivity index (χ4n) is 1.96. The van der Waals surface area contributed by atoms with Gasteiger partial charge in [-0.3, -0.25) is 0 Å². The van der Waals surface area contributed by atoms with E-state index in [1.165, 1.54) is 15.3 Å². The fraction of sp³-hybridized carbons (Fsp3) is 0.267. The summed E-state index contributed by atoms with van der Waals surface area (Å²) in [6.45, 7) is 5.74. The zero-order valence-electron chi connectivity index (χ0n) is 12.0. The number of halogens is 1. The number of hydrogen-bond acceptors (Lipinski definition) is 4. The molecule has 2 rings (SSSR count). The highest BCUT2D eigenvalue weighted by atomic mass is 35.5. The molecule has 112 valence electrons. The van der Waals surface area contributed by atoms with Crippen molar-refractivity contribution in [3.8, 4) is 0 Å². The van der Waals surface area contributed by atoms with Crippen molar-refractivity contribution in [1.82, 2.24) is 5.32 Å². The van der Waals surface area contributed by atoms with Gasteiger partial charge in [0, 0.05) is 33.4 Å². The lowest BCUT2D eigenvalue weighted by molar-refractivity contribution is 0.318. The Balaban J connectivity index is 1.97. The number of benzene rings is 1. The Morgan fingerprint density at radius 1 is 1.33 bits per heavy atom. The van der Waals surface area contributed by atoms with E-state index in [1.807, 2.05) is 17.4 Å². The molecule has 0 saturated heterocycles. The lowest BCUT2D eigenvalue weighted by Crippen LogP contribution is -2.15. The van der Waals surface area contributed by atoms with Crippen LogP contribution in [0.5, 0.6) is 0 Å². The zero-order chi connectivity index (χ0) is 15.4. The van der Waals surface area contributed by atoms with Gasteiger partial charge in [-0.25, -0.2) is 0 Å². The molecule has 0 saturated carbocycles. The first-order valence-electron chi connectivity index (χ1n) is 6.54. The van der Waals surface area contributed by atoms with E-state index < -0.39 is 0 Å². The summed E-state index contributed by atoms with van der Waals surface area (Å²) >= 11 is 8.02. The van der Waals surface area contributed by atoms with Crippen LogP contribution in [0.15, 0.2) is 29.4 Å². The minimum atomic E-state index is 0.0564. The minimum absolute atomic E-state index is 0.0564. The second-order valence-corrected chi connectivity index (χ2v) is 6.59. The minimum Gasteiger partial charge on any atom is -0.409 e.